The molecule has 1 atom stereocenters. The maximum Gasteiger partial charge on any atom is 0.322 e. The number of carbonyl (C=O) groups is 1. The van der Waals surface area contributed by atoms with Gasteiger partial charge >= 0.3 is 6.03 Å². The molecule has 1 aliphatic heterocycles. The molecule has 1 heterocycles. The number of aryl methyl sites for hydroxylation is 1. The number of nitrogens with one attached hydrogen (secondary N) is 1. The minimum atomic E-state index is -0.440. The van der Waals surface area contributed by atoms with Gasteiger partial charge in [-0.25, -0.2) is 4.79 Å². The molecule has 0 unspecified atom stereocenters. The molecule has 3 nitrogen and oxygen atoms in total. The third-order valence-electron chi connectivity index (χ3n) is 7.06. The van der Waals surface area contributed by atoms with Gasteiger partial charge in [0.25, 0.3) is 0 Å². The molecule has 0 spiro atoms. The lowest BCUT2D eigenvalue weighted by molar-refractivity contribution is 0.175. The lowest BCUT2D eigenvalue weighted by Gasteiger charge is -2.47. The second-order valence-corrected chi connectivity index (χ2v) is 9.87. The van der Waals surface area contributed by atoms with Crippen LogP contribution in [0.25, 0.3) is 0 Å². The number of nitrogens with zero attached hydrogens (tertiary/aromatic N) is 1. The minimum absolute atomic E-state index is 0.0277. The van der Waals surface area contributed by atoms with Crippen molar-refractivity contribution in [1.82, 2.24) is 10.2 Å². The molecule has 1 aliphatic carbocycles. The summed E-state index contributed by atoms with van der Waals surface area (Å²) in [7, 11) is 0. The Morgan fingerprint density at radius 3 is 2.38 bits per heavy atom. The maximum atomic E-state index is 13.0. The second kappa shape index (κ2) is 8.53. The van der Waals surface area contributed by atoms with Crippen molar-refractivity contribution in [1.29, 1.82) is 0 Å². The van der Waals surface area contributed by atoms with Crippen molar-refractivity contribution in [2.75, 3.05) is 6.54 Å². The molecule has 3 rings (SSSR count). The van der Waals surface area contributed by atoms with Gasteiger partial charge in [0.05, 0.1) is 5.54 Å². The molecule has 2 amide bonds. The van der Waals surface area contributed by atoms with Gasteiger partial charge in [-0.3, -0.25) is 0 Å². The van der Waals surface area contributed by atoms with Crippen LogP contribution in [0.5, 0.6) is 0 Å². The third kappa shape index (κ3) is 3.85. The van der Waals surface area contributed by atoms with E-state index in [1.807, 2.05) is 4.90 Å². The van der Waals surface area contributed by atoms with E-state index in [1.54, 1.807) is 0 Å². The summed E-state index contributed by atoms with van der Waals surface area (Å²) in [5, 5.41) is 3.47. The van der Waals surface area contributed by atoms with Crippen LogP contribution in [-0.4, -0.2) is 17.5 Å². The van der Waals surface area contributed by atoms with E-state index in [0.29, 0.717) is 11.8 Å². The van der Waals surface area contributed by atoms with Gasteiger partial charge < -0.3 is 10.2 Å². The number of hydrogen-bond acceptors (Lipinski definition) is 1. The maximum absolute atomic E-state index is 13.0. The van der Waals surface area contributed by atoms with Crippen LogP contribution in [0.2, 0.25) is 0 Å². The molecular formula is C26H40N2O. The predicted molar refractivity (Wildman–Crippen MR) is 122 cm³/mol. The summed E-state index contributed by atoms with van der Waals surface area (Å²) in [5.74, 6) is 2.19. The Labute approximate surface area is 178 Å². The van der Waals surface area contributed by atoms with Gasteiger partial charge in [-0.15, -0.1) is 0 Å². The zero-order valence-electron chi connectivity index (χ0n) is 19.5. The Morgan fingerprint density at radius 1 is 1.17 bits per heavy atom. The number of carbonyl (C=O) groups excluding carboxylic acids is 1. The summed E-state index contributed by atoms with van der Waals surface area (Å²) >= 11 is 0. The molecule has 0 radical (unpaired) electrons. The molecule has 1 aromatic rings. The van der Waals surface area contributed by atoms with E-state index in [-0.39, 0.29) is 11.9 Å². The van der Waals surface area contributed by atoms with Gasteiger partial charge in [0.15, 0.2) is 0 Å². The van der Waals surface area contributed by atoms with Gasteiger partial charge in [-0.1, -0.05) is 66.7 Å². The monoisotopic (exact) mass is 396 g/mol. The highest BCUT2D eigenvalue weighted by atomic mass is 16.2. The lowest BCUT2D eigenvalue weighted by Crippen LogP contribution is -2.58. The molecule has 1 N–H and O–H groups in total. The van der Waals surface area contributed by atoms with Crippen LogP contribution >= 0.6 is 0 Å². The van der Waals surface area contributed by atoms with Gasteiger partial charge in [0.1, 0.15) is 0 Å². The molecular weight excluding hydrogens is 356 g/mol. The van der Waals surface area contributed by atoms with Crippen LogP contribution in [0.1, 0.15) is 90.3 Å². The van der Waals surface area contributed by atoms with Gasteiger partial charge in [-0.2, -0.15) is 0 Å². The van der Waals surface area contributed by atoms with Gasteiger partial charge in [-0.05, 0) is 71.6 Å². The quantitative estimate of drug-likeness (QED) is 0.554. The van der Waals surface area contributed by atoms with Crippen molar-refractivity contribution in [3.63, 3.8) is 0 Å². The van der Waals surface area contributed by atoms with E-state index in [4.69, 9.17) is 0 Å². The zero-order valence-corrected chi connectivity index (χ0v) is 19.5. The first-order chi connectivity index (χ1) is 13.7. The zero-order chi connectivity index (χ0) is 21.3. The normalized spacial score (nSPS) is 27.1. The molecule has 1 fully saturated rings. The van der Waals surface area contributed by atoms with Crippen LogP contribution in [0, 0.1) is 17.8 Å². The number of amides is 2. The fourth-order valence-corrected chi connectivity index (χ4v) is 5.41. The van der Waals surface area contributed by atoms with E-state index < -0.39 is 5.54 Å². The molecule has 0 bridgehead atoms. The highest BCUT2D eigenvalue weighted by Gasteiger charge is 2.46. The van der Waals surface area contributed by atoms with E-state index >= 15 is 0 Å². The SMILES string of the molecule is CCCN1C=C(C(C)C)[C@@](c2ccc(C3CC(C)C3)c(CC)c2)(C(C)C)NC1=O. The summed E-state index contributed by atoms with van der Waals surface area (Å²) in [4.78, 5) is 14.9. The summed E-state index contributed by atoms with van der Waals surface area (Å²) in [6.45, 7) is 16.4. The van der Waals surface area contributed by atoms with Gasteiger partial charge in [0, 0.05) is 12.7 Å². The first-order valence-corrected chi connectivity index (χ1v) is 11.7. The Kier molecular flexibility index (Phi) is 6.45. The van der Waals surface area contributed by atoms with E-state index in [9.17, 15) is 4.79 Å². The average molecular weight is 397 g/mol. The van der Waals surface area contributed by atoms with Crippen molar-refractivity contribution in [2.45, 2.75) is 85.6 Å². The largest absolute Gasteiger partial charge is 0.324 e. The second-order valence-electron chi connectivity index (χ2n) is 9.87. The summed E-state index contributed by atoms with van der Waals surface area (Å²) in [6.07, 6.45) is 6.75. The van der Waals surface area contributed by atoms with Crippen molar-refractivity contribution >= 4 is 6.03 Å². The fraction of sp³-hybridized carbons (Fsp3) is 0.654. The van der Waals surface area contributed by atoms with Crippen LogP contribution in [0.4, 0.5) is 4.79 Å². The van der Waals surface area contributed by atoms with E-state index in [2.05, 4.69) is 78.2 Å². The van der Waals surface area contributed by atoms with Crippen molar-refractivity contribution in [3.05, 3.63) is 46.7 Å². The molecule has 1 aromatic carbocycles. The molecule has 160 valence electrons. The molecule has 29 heavy (non-hydrogen) atoms. The fourth-order valence-electron chi connectivity index (χ4n) is 5.41. The lowest BCUT2D eigenvalue weighted by atomic mass is 9.67. The van der Waals surface area contributed by atoms with Crippen LogP contribution < -0.4 is 5.32 Å². The third-order valence-corrected chi connectivity index (χ3v) is 7.06. The highest BCUT2D eigenvalue weighted by Crippen LogP contribution is 2.46. The summed E-state index contributed by atoms with van der Waals surface area (Å²) in [5.41, 5.74) is 5.09. The molecule has 1 saturated carbocycles. The minimum Gasteiger partial charge on any atom is -0.324 e. The number of urea groups is 1. The van der Waals surface area contributed by atoms with E-state index in [0.717, 1.165) is 25.3 Å². The Morgan fingerprint density at radius 2 is 1.86 bits per heavy atom. The molecule has 0 saturated heterocycles. The van der Waals surface area contributed by atoms with Crippen LogP contribution in [0.15, 0.2) is 30.0 Å². The average Bonchev–Trinajstić information content (AvgIpc) is 2.66. The number of benzene rings is 1. The first kappa shape index (κ1) is 21.9. The topological polar surface area (TPSA) is 32.3 Å². The number of rotatable bonds is 7. The smallest absolute Gasteiger partial charge is 0.322 e. The Hall–Kier alpha value is -1.77. The summed E-state index contributed by atoms with van der Waals surface area (Å²) < 4.78 is 0. The summed E-state index contributed by atoms with van der Waals surface area (Å²) in [6, 6.07) is 7.07. The van der Waals surface area contributed by atoms with E-state index in [1.165, 1.54) is 35.1 Å². The molecule has 3 heteroatoms. The van der Waals surface area contributed by atoms with Crippen molar-refractivity contribution < 1.29 is 4.79 Å². The Bertz CT molecular complexity index is 773. The predicted octanol–water partition coefficient (Wildman–Crippen LogP) is 6.59. The van der Waals surface area contributed by atoms with Crippen LogP contribution in [0.3, 0.4) is 0 Å². The standard InChI is InChI=1S/C26H40N2O/c1-8-12-28-16-24(17(3)4)26(18(5)6,27-25(28)29)22-10-11-23(20(9-2)15-22)21-13-19(7)14-21/h10-11,15-19,21H,8-9,12-14H2,1-7H3,(H,27,29)/t19?,21?,26-/m0/s1. The molecule has 0 aromatic heterocycles. The molecule has 2 aliphatic rings. The number of hydrogen-bond donors (Lipinski definition) is 1. The Balaban J connectivity index is 2.10. The first-order valence-electron chi connectivity index (χ1n) is 11.7. The van der Waals surface area contributed by atoms with Crippen LogP contribution in [-0.2, 0) is 12.0 Å². The van der Waals surface area contributed by atoms with Gasteiger partial charge in [0.2, 0.25) is 0 Å². The van der Waals surface area contributed by atoms with Crippen molar-refractivity contribution in [3.8, 4) is 0 Å². The highest BCUT2D eigenvalue weighted by molar-refractivity contribution is 5.79. The van der Waals surface area contributed by atoms with Crippen molar-refractivity contribution in [2.24, 2.45) is 17.8 Å².